The van der Waals surface area contributed by atoms with E-state index in [1.54, 1.807) is 18.3 Å². The van der Waals surface area contributed by atoms with Gasteiger partial charge < -0.3 is 0 Å². The van der Waals surface area contributed by atoms with E-state index in [2.05, 4.69) is 50.8 Å². The quantitative estimate of drug-likeness (QED) is 0.372. The average Bonchev–Trinajstić information content (AvgIpc) is 3.33. The van der Waals surface area contributed by atoms with Gasteiger partial charge in [-0.1, -0.05) is 26.8 Å². The van der Waals surface area contributed by atoms with Gasteiger partial charge in [-0.25, -0.2) is 27.2 Å². The van der Waals surface area contributed by atoms with Crippen molar-refractivity contribution in [3.05, 3.63) is 71.4 Å². The highest BCUT2D eigenvalue weighted by Crippen LogP contribution is 2.56. The lowest BCUT2D eigenvalue weighted by Crippen LogP contribution is -2.47. The van der Waals surface area contributed by atoms with Gasteiger partial charge in [-0.05, 0) is 60.9 Å². The van der Waals surface area contributed by atoms with Gasteiger partial charge in [0.25, 0.3) is 11.9 Å². The summed E-state index contributed by atoms with van der Waals surface area (Å²) in [6, 6.07) is 7.26. The maximum absolute atomic E-state index is 14.6. The van der Waals surface area contributed by atoms with Gasteiger partial charge in [-0.15, -0.1) is 10.2 Å². The molecule has 0 aliphatic heterocycles. The predicted molar refractivity (Wildman–Crippen MR) is 141 cm³/mol. The Morgan fingerprint density at radius 1 is 1.10 bits per heavy atom. The molecule has 1 aliphatic carbocycles. The van der Waals surface area contributed by atoms with Gasteiger partial charge in [0.05, 0.1) is 34.3 Å². The molecule has 0 amide bonds. The number of rotatable bonds is 6. The lowest BCUT2D eigenvalue weighted by atomic mass is 9.54. The molecule has 0 unspecified atom stereocenters. The third-order valence-electron chi connectivity index (χ3n) is 7.69. The van der Waals surface area contributed by atoms with Crippen LogP contribution in [-0.4, -0.2) is 49.6 Å². The average molecular weight is 555 g/mol. The Labute approximate surface area is 225 Å². The molecule has 10 nitrogen and oxygen atoms in total. The SMILES string of the molecule is CC[C@@H]1CC(C)(C)[C@@](C)(c2ccnc(-n3cnc(NS(C)(=O)=O)n3)n2)c2nnc(-c3c(F)cccc3F)cc21. The number of fused-ring (bicyclic) bond motifs is 1. The maximum atomic E-state index is 14.6. The highest BCUT2D eigenvalue weighted by atomic mass is 32.2. The Hall–Kier alpha value is -3.87. The Morgan fingerprint density at radius 3 is 2.49 bits per heavy atom. The maximum Gasteiger partial charge on any atom is 0.256 e. The predicted octanol–water partition coefficient (Wildman–Crippen LogP) is 4.39. The molecule has 0 spiro atoms. The topological polar surface area (TPSA) is 128 Å². The van der Waals surface area contributed by atoms with Gasteiger partial charge in [0.2, 0.25) is 10.0 Å². The summed E-state index contributed by atoms with van der Waals surface area (Å²) in [5.41, 5.74) is 1.00. The third kappa shape index (κ3) is 4.64. The molecule has 0 bridgehead atoms. The Bertz CT molecular complexity index is 1650. The van der Waals surface area contributed by atoms with Crippen LogP contribution in [0.1, 0.15) is 63.4 Å². The molecule has 0 fully saturated rings. The van der Waals surface area contributed by atoms with Crippen molar-refractivity contribution in [1.29, 1.82) is 0 Å². The van der Waals surface area contributed by atoms with E-state index in [1.807, 2.05) is 6.92 Å². The van der Waals surface area contributed by atoms with Crippen LogP contribution in [-0.2, 0) is 15.4 Å². The smallest absolute Gasteiger partial charge is 0.250 e. The van der Waals surface area contributed by atoms with Crippen molar-refractivity contribution in [2.75, 3.05) is 11.0 Å². The Morgan fingerprint density at radius 2 is 1.82 bits per heavy atom. The van der Waals surface area contributed by atoms with Crippen LogP contribution in [0.15, 0.2) is 42.9 Å². The molecule has 13 heteroatoms. The van der Waals surface area contributed by atoms with Crippen molar-refractivity contribution >= 4 is 16.0 Å². The molecule has 0 radical (unpaired) electrons. The van der Waals surface area contributed by atoms with Crippen molar-refractivity contribution in [3.63, 3.8) is 0 Å². The fourth-order valence-corrected chi connectivity index (χ4v) is 5.79. The number of aromatic nitrogens is 7. The molecule has 0 saturated carbocycles. The van der Waals surface area contributed by atoms with E-state index in [-0.39, 0.29) is 34.5 Å². The summed E-state index contributed by atoms with van der Waals surface area (Å²) < 4.78 is 55.8. The number of benzene rings is 1. The molecule has 39 heavy (non-hydrogen) atoms. The minimum Gasteiger partial charge on any atom is -0.250 e. The third-order valence-corrected chi connectivity index (χ3v) is 8.24. The first-order chi connectivity index (χ1) is 18.3. The summed E-state index contributed by atoms with van der Waals surface area (Å²) in [5.74, 6) is -1.22. The normalized spacial score (nSPS) is 20.4. The molecule has 0 saturated heterocycles. The fraction of sp³-hybridized carbons (Fsp3) is 0.385. The number of hydrogen-bond acceptors (Lipinski definition) is 8. The number of anilines is 1. The minimum atomic E-state index is -3.56. The summed E-state index contributed by atoms with van der Waals surface area (Å²) in [4.78, 5) is 13.1. The molecule has 1 N–H and O–H groups in total. The van der Waals surface area contributed by atoms with E-state index in [9.17, 15) is 17.2 Å². The molecule has 5 rings (SSSR count). The van der Waals surface area contributed by atoms with Crippen LogP contribution in [0.25, 0.3) is 17.2 Å². The van der Waals surface area contributed by atoms with E-state index in [4.69, 9.17) is 4.98 Å². The van der Waals surface area contributed by atoms with Crippen LogP contribution in [0.2, 0.25) is 0 Å². The van der Waals surface area contributed by atoms with Crippen molar-refractivity contribution in [1.82, 2.24) is 34.9 Å². The lowest BCUT2D eigenvalue weighted by Gasteiger charge is -2.50. The van der Waals surface area contributed by atoms with Crippen LogP contribution in [0, 0.1) is 17.0 Å². The number of halogens is 2. The van der Waals surface area contributed by atoms with Crippen LogP contribution < -0.4 is 4.72 Å². The zero-order valence-corrected chi connectivity index (χ0v) is 23.0. The van der Waals surface area contributed by atoms with E-state index < -0.39 is 27.1 Å². The largest absolute Gasteiger partial charge is 0.256 e. The second-order valence-corrected chi connectivity index (χ2v) is 12.3. The van der Waals surface area contributed by atoms with Crippen LogP contribution >= 0.6 is 0 Å². The Kier molecular flexibility index (Phi) is 6.44. The van der Waals surface area contributed by atoms with E-state index in [1.165, 1.54) is 29.2 Å². The van der Waals surface area contributed by atoms with Crippen molar-refractivity contribution in [2.45, 2.75) is 51.9 Å². The minimum absolute atomic E-state index is 0.0911. The number of sulfonamides is 1. The van der Waals surface area contributed by atoms with Crippen molar-refractivity contribution in [3.8, 4) is 17.2 Å². The summed E-state index contributed by atoms with van der Waals surface area (Å²) in [7, 11) is -3.56. The lowest BCUT2D eigenvalue weighted by molar-refractivity contribution is 0.152. The molecule has 1 aliphatic rings. The van der Waals surface area contributed by atoms with Crippen molar-refractivity contribution in [2.24, 2.45) is 5.41 Å². The summed E-state index contributed by atoms with van der Waals surface area (Å²) in [5, 5.41) is 13.0. The van der Waals surface area contributed by atoms with Gasteiger partial charge in [0, 0.05) is 6.20 Å². The highest BCUT2D eigenvalue weighted by Gasteiger charge is 2.52. The van der Waals surface area contributed by atoms with Gasteiger partial charge in [0.15, 0.2) is 0 Å². The van der Waals surface area contributed by atoms with E-state index >= 15 is 0 Å². The molecular weight excluding hydrogens is 526 g/mol. The monoisotopic (exact) mass is 554 g/mol. The first-order valence-electron chi connectivity index (χ1n) is 12.4. The molecule has 3 aromatic heterocycles. The summed E-state index contributed by atoms with van der Waals surface area (Å²) >= 11 is 0. The standard InChI is InChI=1S/C26H28F2N8O2S/c1-6-15-13-25(2,3)26(4,22-16(15)12-19(32-33-22)21-17(27)8-7-9-18(21)28)20-10-11-29-24(31-20)36-14-30-23(34-36)35-39(5,37)38/h7-12,14-15H,6,13H2,1-5H3,(H,34,35)/t15-,26+/m1/s1. The molecule has 204 valence electrons. The second-order valence-electron chi connectivity index (χ2n) is 10.6. The number of nitrogens with zero attached hydrogens (tertiary/aromatic N) is 7. The molecular formula is C26H28F2N8O2S. The molecule has 1 aromatic carbocycles. The van der Waals surface area contributed by atoms with Gasteiger partial charge in [-0.2, -0.15) is 14.8 Å². The molecule has 3 heterocycles. The van der Waals surface area contributed by atoms with Gasteiger partial charge >= 0.3 is 0 Å². The molecule has 4 aromatic rings. The number of nitrogens with one attached hydrogen (secondary N) is 1. The first kappa shape index (κ1) is 26.7. The second kappa shape index (κ2) is 9.40. The van der Waals surface area contributed by atoms with Crippen LogP contribution in [0.4, 0.5) is 14.7 Å². The molecule has 2 atom stereocenters. The van der Waals surface area contributed by atoms with Gasteiger partial charge in [0.1, 0.15) is 18.0 Å². The highest BCUT2D eigenvalue weighted by molar-refractivity contribution is 7.91. The zero-order chi connectivity index (χ0) is 28.2. The Balaban J connectivity index is 1.64. The summed E-state index contributed by atoms with van der Waals surface area (Å²) in [6.07, 6.45) is 5.48. The fourth-order valence-electron chi connectivity index (χ4n) is 5.36. The van der Waals surface area contributed by atoms with Gasteiger partial charge in [-0.3, -0.25) is 4.72 Å². The van der Waals surface area contributed by atoms with Crippen LogP contribution in [0.3, 0.4) is 0 Å². The summed E-state index contributed by atoms with van der Waals surface area (Å²) in [6.45, 7) is 8.37. The van der Waals surface area contributed by atoms with E-state index in [0.717, 1.165) is 24.7 Å². The van der Waals surface area contributed by atoms with Crippen molar-refractivity contribution < 1.29 is 17.2 Å². The van der Waals surface area contributed by atoms with Crippen LogP contribution in [0.5, 0.6) is 0 Å². The van der Waals surface area contributed by atoms with E-state index in [0.29, 0.717) is 11.4 Å². The number of hydrogen-bond donors (Lipinski definition) is 1. The first-order valence-corrected chi connectivity index (χ1v) is 14.3. The zero-order valence-electron chi connectivity index (χ0n) is 22.1.